The van der Waals surface area contributed by atoms with Crippen LogP contribution in [0.25, 0.3) is 0 Å². The van der Waals surface area contributed by atoms with E-state index < -0.39 is 27.3 Å². The number of hydrogen-bond acceptors (Lipinski definition) is 5. The Hall–Kier alpha value is -1.22. The number of sulfonamides is 1. The Balaban J connectivity index is 2.47. The fourth-order valence-corrected chi connectivity index (χ4v) is 4.12. The molecule has 0 radical (unpaired) electrons. The zero-order chi connectivity index (χ0) is 15.8. The number of anilines is 1. The number of aliphatic hydroxyl groups is 1. The van der Waals surface area contributed by atoms with Crippen LogP contribution in [0.4, 0.5) is 9.52 Å². The lowest BCUT2D eigenvalue weighted by Gasteiger charge is -2.09. The van der Waals surface area contributed by atoms with E-state index in [1.165, 1.54) is 6.07 Å². The number of hydrogen-bond donors (Lipinski definition) is 2. The van der Waals surface area contributed by atoms with E-state index in [-0.39, 0.29) is 15.7 Å². The number of nitrogens with one attached hydrogen (secondary N) is 1. The fourth-order valence-electron chi connectivity index (χ4n) is 1.62. The zero-order valence-corrected chi connectivity index (χ0v) is 13.5. The van der Waals surface area contributed by atoms with E-state index in [1.54, 1.807) is 13.8 Å². The van der Waals surface area contributed by atoms with Gasteiger partial charge in [0, 0.05) is 15.5 Å². The van der Waals surface area contributed by atoms with Crippen molar-refractivity contribution in [1.29, 1.82) is 0 Å². The first kappa shape index (κ1) is 16.2. The Labute approximate surface area is 130 Å². The van der Waals surface area contributed by atoms with Crippen LogP contribution in [-0.2, 0) is 16.6 Å². The van der Waals surface area contributed by atoms with E-state index in [9.17, 15) is 12.8 Å². The number of aliphatic hydroxyl groups excluding tert-OH is 1. The highest BCUT2D eigenvalue weighted by molar-refractivity contribution is 7.93. The van der Waals surface area contributed by atoms with Gasteiger partial charge in [0.15, 0.2) is 5.13 Å². The molecule has 1 aromatic heterocycles. The molecule has 0 spiro atoms. The SMILES string of the molecule is Cc1nc(NS(=O)(=O)c2cc(Cl)cc(CO)c2F)sc1C. The summed E-state index contributed by atoms with van der Waals surface area (Å²) in [6.45, 7) is 2.90. The number of aryl methyl sites for hydroxylation is 2. The summed E-state index contributed by atoms with van der Waals surface area (Å²) in [5.41, 5.74) is 0.509. The molecule has 0 aliphatic carbocycles. The van der Waals surface area contributed by atoms with Gasteiger partial charge in [-0.25, -0.2) is 17.8 Å². The van der Waals surface area contributed by atoms with Gasteiger partial charge in [0.2, 0.25) is 0 Å². The number of aromatic nitrogens is 1. The molecule has 0 fully saturated rings. The summed E-state index contributed by atoms with van der Waals surface area (Å²) in [7, 11) is -4.18. The lowest BCUT2D eigenvalue weighted by atomic mass is 10.2. The number of nitrogens with zero attached hydrogens (tertiary/aromatic N) is 1. The van der Waals surface area contributed by atoms with Crippen molar-refractivity contribution in [3.8, 4) is 0 Å². The van der Waals surface area contributed by atoms with Crippen molar-refractivity contribution in [2.45, 2.75) is 25.3 Å². The van der Waals surface area contributed by atoms with Gasteiger partial charge in [-0.3, -0.25) is 4.72 Å². The van der Waals surface area contributed by atoms with Crippen LogP contribution in [0.2, 0.25) is 5.02 Å². The molecule has 1 heterocycles. The average Bonchev–Trinajstić information content (AvgIpc) is 2.69. The van der Waals surface area contributed by atoms with E-state index in [0.29, 0.717) is 5.69 Å². The van der Waals surface area contributed by atoms with Gasteiger partial charge in [-0.1, -0.05) is 11.6 Å². The summed E-state index contributed by atoms with van der Waals surface area (Å²) in [5.74, 6) is -1.03. The molecule has 114 valence electrons. The van der Waals surface area contributed by atoms with E-state index in [2.05, 4.69) is 9.71 Å². The molecule has 0 atom stereocenters. The first-order chi connectivity index (χ1) is 9.74. The lowest BCUT2D eigenvalue weighted by Crippen LogP contribution is -2.15. The topological polar surface area (TPSA) is 79.3 Å². The highest BCUT2D eigenvalue weighted by atomic mass is 35.5. The van der Waals surface area contributed by atoms with E-state index in [0.717, 1.165) is 22.3 Å². The van der Waals surface area contributed by atoms with Gasteiger partial charge < -0.3 is 5.11 Å². The van der Waals surface area contributed by atoms with Crippen LogP contribution in [0.3, 0.4) is 0 Å². The predicted octanol–water partition coefficient (Wildman–Crippen LogP) is 2.85. The van der Waals surface area contributed by atoms with Crippen molar-refractivity contribution in [3.63, 3.8) is 0 Å². The lowest BCUT2D eigenvalue weighted by molar-refractivity contribution is 0.274. The van der Waals surface area contributed by atoms with Crippen LogP contribution in [-0.4, -0.2) is 18.5 Å². The molecule has 0 saturated heterocycles. The minimum Gasteiger partial charge on any atom is -0.392 e. The molecule has 21 heavy (non-hydrogen) atoms. The predicted molar refractivity (Wildman–Crippen MR) is 79.7 cm³/mol. The number of thiazole rings is 1. The number of halogens is 2. The Bertz CT molecular complexity index is 771. The zero-order valence-electron chi connectivity index (χ0n) is 11.1. The monoisotopic (exact) mass is 350 g/mol. The van der Waals surface area contributed by atoms with Crippen molar-refractivity contribution in [2.24, 2.45) is 0 Å². The number of benzene rings is 1. The Morgan fingerprint density at radius 3 is 2.62 bits per heavy atom. The van der Waals surface area contributed by atoms with Crippen molar-refractivity contribution >= 4 is 38.1 Å². The van der Waals surface area contributed by atoms with Gasteiger partial charge >= 0.3 is 0 Å². The van der Waals surface area contributed by atoms with Crippen LogP contribution < -0.4 is 4.72 Å². The van der Waals surface area contributed by atoms with Gasteiger partial charge in [-0.15, -0.1) is 11.3 Å². The third kappa shape index (κ3) is 3.34. The maximum absolute atomic E-state index is 14.1. The Morgan fingerprint density at radius 2 is 2.10 bits per heavy atom. The molecule has 2 N–H and O–H groups in total. The summed E-state index contributed by atoms with van der Waals surface area (Å²) in [6.07, 6.45) is 0. The fraction of sp³-hybridized carbons (Fsp3) is 0.250. The van der Waals surface area contributed by atoms with Crippen LogP contribution in [0.15, 0.2) is 17.0 Å². The van der Waals surface area contributed by atoms with E-state index in [1.807, 2.05) is 0 Å². The summed E-state index contributed by atoms with van der Waals surface area (Å²) in [5, 5.41) is 9.21. The second-order valence-corrected chi connectivity index (χ2v) is 7.59. The smallest absolute Gasteiger partial charge is 0.266 e. The standard InChI is InChI=1S/C12H12ClFN2O3S2/c1-6-7(2)20-12(15-6)16-21(18,19)10-4-9(13)3-8(5-17)11(10)14/h3-4,17H,5H2,1-2H3,(H,15,16). The molecule has 0 bridgehead atoms. The van der Waals surface area contributed by atoms with Gasteiger partial charge in [0.05, 0.1) is 12.3 Å². The molecule has 9 heteroatoms. The molecule has 2 aromatic rings. The van der Waals surface area contributed by atoms with Crippen LogP contribution in [0.1, 0.15) is 16.1 Å². The van der Waals surface area contributed by atoms with Gasteiger partial charge in [0.1, 0.15) is 10.7 Å². The highest BCUT2D eigenvalue weighted by Crippen LogP contribution is 2.28. The third-order valence-corrected chi connectivity index (χ3v) is 5.46. The molecular formula is C12H12ClFN2O3S2. The molecule has 0 aliphatic heterocycles. The number of rotatable bonds is 4. The molecular weight excluding hydrogens is 339 g/mol. The maximum atomic E-state index is 14.1. The van der Waals surface area contributed by atoms with Crippen molar-refractivity contribution in [3.05, 3.63) is 39.1 Å². The average molecular weight is 351 g/mol. The molecule has 0 saturated carbocycles. The second kappa shape index (κ2) is 5.88. The van der Waals surface area contributed by atoms with Crippen molar-refractivity contribution < 1.29 is 17.9 Å². The molecule has 0 aliphatic rings. The maximum Gasteiger partial charge on any atom is 0.266 e. The Morgan fingerprint density at radius 1 is 1.43 bits per heavy atom. The van der Waals surface area contributed by atoms with Crippen molar-refractivity contribution in [2.75, 3.05) is 4.72 Å². The van der Waals surface area contributed by atoms with E-state index in [4.69, 9.17) is 16.7 Å². The minimum absolute atomic E-state index is 0.0207. The second-order valence-electron chi connectivity index (χ2n) is 4.30. The summed E-state index contributed by atoms with van der Waals surface area (Å²) < 4.78 is 40.8. The quantitative estimate of drug-likeness (QED) is 0.888. The first-order valence-corrected chi connectivity index (χ1v) is 8.48. The third-order valence-electron chi connectivity index (χ3n) is 2.79. The normalized spacial score (nSPS) is 11.7. The summed E-state index contributed by atoms with van der Waals surface area (Å²) in [4.78, 5) is 4.28. The largest absolute Gasteiger partial charge is 0.392 e. The highest BCUT2D eigenvalue weighted by Gasteiger charge is 2.23. The summed E-state index contributed by atoms with van der Waals surface area (Å²) >= 11 is 6.91. The van der Waals surface area contributed by atoms with Crippen LogP contribution in [0.5, 0.6) is 0 Å². The van der Waals surface area contributed by atoms with E-state index >= 15 is 0 Å². The minimum atomic E-state index is -4.18. The first-order valence-electron chi connectivity index (χ1n) is 5.80. The Kier molecular flexibility index (Phi) is 4.52. The van der Waals surface area contributed by atoms with Crippen molar-refractivity contribution in [1.82, 2.24) is 4.98 Å². The van der Waals surface area contributed by atoms with Gasteiger partial charge in [0.25, 0.3) is 10.0 Å². The van der Waals surface area contributed by atoms with Gasteiger partial charge in [-0.2, -0.15) is 0 Å². The van der Waals surface area contributed by atoms with Crippen LogP contribution >= 0.6 is 22.9 Å². The summed E-state index contributed by atoms with van der Waals surface area (Å²) in [6, 6.07) is 2.17. The van der Waals surface area contributed by atoms with Crippen LogP contribution in [0, 0.1) is 19.7 Å². The molecule has 0 amide bonds. The molecule has 2 rings (SSSR count). The molecule has 0 unspecified atom stereocenters. The van der Waals surface area contributed by atoms with Gasteiger partial charge in [-0.05, 0) is 26.0 Å². The molecule has 1 aromatic carbocycles. The molecule has 5 nitrogen and oxygen atoms in total.